The van der Waals surface area contributed by atoms with E-state index in [0.29, 0.717) is 9.23 Å². The van der Waals surface area contributed by atoms with Gasteiger partial charge in [0.05, 0.1) is 12.0 Å². The van der Waals surface area contributed by atoms with Crippen LogP contribution in [-0.4, -0.2) is 28.3 Å². The predicted molar refractivity (Wildman–Crippen MR) is 87.8 cm³/mol. The molecule has 1 heterocycles. The van der Waals surface area contributed by atoms with Gasteiger partial charge in [-0.05, 0) is 37.1 Å². The Kier molecular flexibility index (Phi) is 4.83. The highest BCUT2D eigenvalue weighted by Gasteiger charge is 2.34. The Bertz CT molecular complexity index is 569. The molecule has 0 saturated carbocycles. The Balaban J connectivity index is 2.27. The molecule has 1 unspecified atom stereocenters. The molecule has 2 rings (SSSR count). The van der Waals surface area contributed by atoms with Crippen LogP contribution < -0.4 is 4.74 Å². The third-order valence-electron chi connectivity index (χ3n) is 3.25. The summed E-state index contributed by atoms with van der Waals surface area (Å²) in [5, 5.41) is 0. The topological polar surface area (TPSA) is 29.5 Å². The maximum atomic E-state index is 12.4. The van der Waals surface area contributed by atoms with Crippen LogP contribution in [0, 0.1) is 0 Å². The zero-order chi connectivity index (χ0) is 14.7. The molecule has 5 heteroatoms. The van der Waals surface area contributed by atoms with E-state index in [-0.39, 0.29) is 11.9 Å². The number of carbonyl (C=O) groups is 1. The molecule has 0 aromatic heterocycles. The van der Waals surface area contributed by atoms with Crippen molar-refractivity contribution in [3.8, 4) is 5.75 Å². The third kappa shape index (κ3) is 3.04. The van der Waals surface area contributed by atoms with E-state index in [1.54, 1.807) is 12.0 Å². The van der Waals surface area contributed by atoms with Crippen molar-refractivity contribution in [1.82, 2.24) is 4.90 Å². The lowest BCUT2D eigenvalue weighted by molar-refractivity contribution is -0.123. The molecular formula is C15H17NO2S2. The van der Waals surface area contributed by atoms with Crippen LogP contribution in [0.3, 0.4) is 0 Å². The summed E-state index contributed by atoms with van der Waals surface area (Å²) in [6.07, 6.45) is 2.75. The molecule has 1 aliphatic heterocycles. The Morgan fingerprint density at radius 1 is 1.50 bits per heavy atom. The summed E-state index contributed by atoms with van der Waals surface area (Å²) >= 11 is 6.67. The van der Waals surface area contributed by atoms with Crippen molar-refractivity contribution >= 4 is 40.3 Å². The van der Waals surface area contributed by atoms with Crippen LogP contribution in [0.1, 0.15) is 25.8 Å². The van der Waals surface area contributed by atoms with Gasteiger partial charge in [-0.25, -0.2) is 0 Å². The molecular weight excluding hydrogens is 290 g/mol. The molecule has 1 atom stereocenters. The molecule has 0 N–H and O–H groups in total. The van der Waals surface area contributed by atoms with Crippen molar-refractivity contribution in [2.45, 2.75) is 26.3 Å². The molecule has 20 heavy (non-hydrogen) atoms. The highest BCUT2D eigenvalue weighted by Crippen LogP contribution is 2.34. The summed E-state index contributed by atoms with van der Waals surface area (Å²) in [6.45, 7) is 4.06. The first kappa shape index (κ1) is 15.1. The fourth-order valence-corrected chi connectivity index (χ4v) is 3.39. The van der Waals surface area contributed by atoms with Crippen molar-refractivity contribution in [2.75, 3.05) is 7.11 Å². The number of hydrogen-bond donors (Lipinski definition) is 0. The monoisotopic (exact) mass is 307 g/mol. The second kappa shape index (κ2) is 6.41. The summed E-state index contributed by atoms with van der Waals surface area (Å²) in [5.74, 6) is 0.772. The third-order valence-corrected chi connectivity index (χ3v) is 4.58. The minimum absolute atomic E-state index is 0.00262. The normalized spacial score (nSPS) is 18.8. The number of hydrogen-bond acceptors (Lipinski definition) is 4. The van der Waals surface area contributed by atoms with E-state index >= 15 is 0 Å². The molecule has 1 aromatic carbocycles. The molecule has 106 valence electrons. The average Bonchev–Trinajstić information content (AvgIpc) is 2.73. The molecule has 0 radical (unpaired) electrons. The summed E-state index contributed by atoms with van der Waals surface area (Å²) in [6, 6.07) is 7.76. The lowest BCUT2D eigenvalue weighted by Crippen LogP contribution is -2.36. The summed E-state index contributed by atoms with van der Waals surface area (Å²) in [7, 11) is 1.63. The number of benzene rings is 1. The second-order valence-corrected chi connectivity index (χ2v) is 6.26. The quantitative estimate of drug-likeness (QED) is 0.627. The van der Waals surface area contributed by atoms with E-state index in [1.807, 2.05) is 37.3 Å². The molecule has 0 spiro atoms. The smallest absolute Gasteiger partial charge is 0.266 e. The Morgan fingerprint density at radius 2 is 2.25 bits per heavy atom. The maximum Gasteiger partial charge on any atom is 0.266 e. The SMILES string of the molecule is CCC(C)N1C(=O)/C(=C/c2cccc(OC)c2)SC1=S. The molecule has 3 nitrogen and oxygen atoms in total. The minimum Gasteiger partial charge on any atom is -0.497 e. The number of methoxy groups -OCH3 is 1. The Hall–Kier alpha value is -1.33. The molecule has 0 aliphatic carbocycles. The van der Waals surface area contributed by atoms with Gasteiger partial charge in [0, 0.05) is 6.04 Å². The van der Waals surface area contributed by atoms with Crippen LogP contribution in [0.25, 0.3) is 6.08 Å². The highest BCUT2D eigenvalue weighted by molar-refractivity contribution is 8.26. The number of thiocarbonyl (C=S) groups is 1. The number of ether oxygens (including phenoxy) is 1. The zero-order valence-electron chi connectivity index (χ0n) is 11.8. The largest absolute Gasteiger partial charge is 0.497 e. The van der Waals surface area contributed by atoms with Gasteiger partial charge in [-0.2, -0.15) is 0 Å². The Labute approximate surface area is 129 Å². The van der Waals surface area contributed by atoms with E-state index in [9.17, 15) is 4.79 Å². The van der Waals surface area contributed by atoms with Gasteiger partial charge in [0.15, 0.2) is 0 Å². The number of nitrogens with zero attached hydrogens (tertiary/aromatic N) is 1. The van der Waals surface area contributed by atoms with E-state index in [2.05, 4.69) is 6.92 Å². The number of amides is 1. The highest BCUT2D eigenvalue weighted by atomic mass is 32.2. The van der Waals surface area contributed by atoms with Crippen LogP contribution in [0.4, 0.5) is 0 Å². The molecule has 1 amide bonds. The number of thioether (sulfide) groups is 1. The summed E-state index contributed by atoms with van der Waals surface area (Å²) in [5.41, 5.74) is 0.939. The van der Waals surface area contributed by atoms with Gasteiger partial charge in [-0.3, -0.25) is 9.69 Å². The zero-order valence-corrected chi connectivity index (χ0v) is 13.4. The molecule has 1 saturated heterocycles. The number of rotatable bonds is 4. The van der Waals surface area contributed by atoms with Gasteiger partial charge in [-0.15, -0.1) is 0 Å². The van der Waals surface area contributed by atoms with Gasteiger partial charge in [0.1, 0.15) is 10.1 Å². The van der Waals surface area contributed by atoms with Gasteiger partial charge >= 0.3 is 0 Å². The van der Waals surface area contributed by atoms with Crippen LogP contribution in [-0.2, 0) is 4.79 Å². The fourth-order valence-electron chi connectivity index (χ4n) is 1.93. The van der Waals surface area contributed by atoms with Crippen LogP contribution in [0.15, 0.2) is 29.2 Å². The standard InChI is InChI=1S/C15H17NO2S2/c1-4-10(2)16-14(17)13(20-15(16)19)9-11-6-5-7-12(8-11)18-3/h5-10H,4H2,1-3H3/b13-9-. The van der Waals surface area contributed by atoms with Gasteiger partial charge in [0.2, 0.25) is 0 Å². The first-order valence-corrected chi connectivity index (χ1v) is 7.70. The summed E-state index contributed by atoms with van der Waals surface area (Å²) < 4.78 is 5.82. The van der Waals surface area contributed by atoms with Gasteiger partial charge in [-0.1, -0.05) is 43.0 Å². The first-order chi connectivity index (χ1) is 9.56. The molecule has 0 bridgehead atoms. The van der Waals surface area contributed by atoms with Crippen LogP contribution in [0.2, 0.25) is 0 Å². The van der Waals surface area contributed by atoms with E-state index < -0.39 is 0 Å². The Morgan fingerprint density at radius 3 is 2.90 bits per heavy atom. The van der Waals surface area contributed by atoms with E-state index in [1.165, 1.54) is 11.8 Å². The van der Waals surface area contributed by atoms with Crippen molar-refractivity contribution in [2.24, 2.45) is 0 Å². The van der Waals surface area contributed by atoms with Crippen molar-refractivity contribution in [3.05, 3.63) is 34.7 Å². The maximum absolute atomic E-state index is 12.4. The lowest BCUT2D eigenvalue weighted by atomic mass is 10.2. The van der Waals surface area contributed by atoms with Gasteiger partial charge in [0.25, 0.3) is 5.91 Å². The van der Waals surface area contributed by atoms with E-state index in [4.69, 9.17) is 17.0 Å². The van der Waals surface area contributed by atoms with Crippen LogP contribution in [0.5, 0.6) is 5.75 Å². The molecule has 1 aromatic rings. The lowest BCUT2D eigenvalue weighted by Gasteiger charge is -2.21. The van der Waals surface area contributed by atoms with Crippen LogP contribution >= 0.6 is 24.0 Å². The second-order valence-electron chi connectivity index (χ2n) is 4.59. The first-order valence-electron chi connectivity index (χ1n) is 6.48. The van der Waals surface area contributed by atoms with Gasteiger partial charge < -0.3 is 4.74 Å². The molecule has 1 fully saturated rings. The fraction of sp³-hybridized carbons (Fsp3) is 0.333. The summed E-state index contributed by atoms with van der Waals surface area (Å²) in [4.78, 5) is 14.8. The van der Waals surface area contributed by atoms with Crippen molar-refractivity contribution in [3.63, 3.8) is 0 Å². The predicted octanol–water partition coefficient (Wildman–Crippen LogP) is 3.69. The number of carbonyl (C=O) groups excluding carboxylic acids is 1. The van der Waals surface area contributed by atoms with E-state index in [0.717, 1.165) is 17.7 Å². The van der Waals surface area contributed by atoms with Crippen molar-refractivity contribution in [1.29, 1.82) is 0 Å². The van der Waals surface area contributed by atoms with Crippen molar-refractivity contribution < 1.29 is 9.53 Å². The minimum atomic E-state index is -0.00262. The average molecular weight is 307 g/mol. The molecule has 1 aliphatic rings.